The molecule has 0 heterocycles. The van der Waals surface area contributed by atoms with Crippen molar-refractivity contribution in [1.82, 2.24) is 0 Å². The van der Waals surface area contributed by atoms with Gasteiger partial charge in [0.2, 0.25) is 0 Å². The second-order valence-corrected chi connectivity index (χ2v) is 10.8. The number of amides is 1. The van der Waals surface area contributed by atoms with Crippen LogP contribution in [0.2, 0.25) is 0 Å². The van der Waals surface area contributed by atoms with E-state index in [-0.39, 0.29) is 0 Å². The van der Waals surface area contributed by atoms with E-state index < -0.39 is 53.2 Å². The Balaban J connectivity index is 6.76. The highest BCUT2D eigenvalue weighted by Crippen LogP contribution is 2.86. The molecule has 0 aliphatic carbocycles. The maximum Gasteiger partial charge on any atom is 0.368 e. The predicted octanol–water partition coefficient (Wildman–Crippen LogP) is 0.791. The van der Waals surface area contributed by atoms with Gasteiger partial charge in [-0.05, 0) is 20.8 Å². The Labute approximate surface area is 127 Å². The Kier molecular flexibility index (Phi) is 7.63. The minimum absolute atomic E-state index is 0.513. The lowest BCUT2D eigenvalue weighted by molar-refractivity contribution is -0.118. The van der Waals surface area contributed by atoms with Gasteiger partial charge in [-0.25, -0.2) is 0 Å². The molecule has 0 radical (unpaired) electrons. The van der Waals surface area contributed by atoms with Crippen LogP contribution in [-0.4, -0.2) is 45.0 Å². The molecule has 132 valence electrons. The van der Waals surface area contributed by atoms with E-state index in [4.69, 9.17) is 5.73 Å². The summed E-state index contributed by atoms with van der Waals surface area (Å²) in [5.41, 5.74) is 4.95. The maximum absolute atomic E-state index is 12.3. The van der Waals surface area contributed by atoms with Crippen molar-refractivity contribution in [1.29, 1.82) is 0 Å². The number of carbonyl (C=O) groups excluding carboxylic acids is 1. The summed E-state index contributed by atoms with van der Waals surface area (Å²) in [6.45, 7) is 2.13. The predicted molar refractivity (Wildman–Crippen MR) is 76.3 cm³/mol. The van der Waals surface area contributed by atoms with E-state index in [1.54, 1.807) is 0 Å². The SMILES string of the molecule is CCOP(=O)(O)C(C(N)=O)(P(=O)(O)OCC)P(=O)(O)OCC. The topological polar surface area (TPSA) is 183 Å². The zero-order valence-electron chi connectivity index (χ0n) is 12.2. The summed E-state index contributed by atoms with van der Waals surface area (Å²) >= 11 is 0. The standard InChI is InChI=1S/C8H20NO10P3/c1-4-17-20(11,12)8(7(9)10,21(13,14)18-5-2)22(15,16)19-6-3/h4-6H2,1-3H3,(H2,9,10)(H,11,12)(H,13,14)(H,15,16). The van der Waals surface area contributed by atoms with Crippen molar-refractivity contribution in [2.75, 3.05) is 19.8 Å². The molecule has 11 nitrogen and oxygen atoms in total. The molecule has 0 rings (SSSR count). The maximum atomic E-state index is 12.3. The number of hydrogen-bond donors (Lipinski definition) is 4. The van der Waals surface area contributed by atoms with Crippen LogP contribution in [0.4, 0.5) is 0 Å². The molecule has 1 amide bonds. The molecule has 0 bridgehead atoms. The lowest BCUT2D eigenvalue weighted by atomic mass is 10.7. The first-order valence-electron chi connectivity index (χ1n) is 6.10. The molecule has 0 aromatic rings. The van der Waals surface area contributed by atoms with Gasteiger partial charge >= 0.3 is 27.4 Å². The van der Waals surface area contributed by atoms with Gasteiger partial charge in [0.05, 0.1) is 19.8 Å². The minimum atomic E-state index is -5.54. The van der Waals surface area contributed by atoms with Crippen molar-refractivity contribution < 1.29 is 46.7 Å². The van der Waals surface area contributed by atoms with Crippen molar-refractivity contribution >= 4 is 28.7 Å². The monoisotopic (exact) mass is 383 g/mol. The van der Waals surface area contributed by atoms with Gasteiger partial charge in [-0.1, -0.05) is 0 Å². The Morgan fingerprint density at radius 3 is 1.23 bits per heavy atom. The molecule has 5 N–H and O–H groups in total. The van der Waals surface area contributed by atoms with Crippen molar-refractivity contribution in [3.8, 4) is 0 Å². The average Bonchev–Trinajstić information content (AvgIpc) is 2.26. The van der Waals surface area contributed by atoms with Crippen molar-refractivity contribution in [2.24, 2.45) is 5.73 Å². The zero-order valence-corrected chi connectivity index (χ0v) is 14.9. The summed E-state index contributed by atoms with van der Waals surface area (Å²) < 4.78 is 46.4. The smallest absolute Gasteiger partial charge is 0.367 e. The Morgan fingerprint density at radius 2 is 1.09 bits per heavy atom. The summed E-state index contributed by atoms with van der Waals surface area (Å²) in [5, 5.41) is 0. The van der Waals surface area contributed by atoms with Crippen LogP contribution in [0.25, 0.3) is 0 Å². The quantitative estimate of drug-likeness (QED) is 0.393. The molecule has 14 heteroatoms. The fourth-order valence-electron chi connectivity index (χ4n) is 1.69. The van der Waals surface area contributed by atoms with Crippen LogP contribution < -0.4 is 5.73 Å². The second-order valence-electron chi connectivity index (χ2n) is 3.81. The molecule has 0 spiro atoms. The fraction of sp³-hybridized carbons (Fsp3) is 0.875. The summed E-state index contributed by atoms with van der Waals surface area (Å²) in [6.07, 6.45) is 0. The van der Waals surface area contributed by atoms with Gasteiger partial charge < -0.3 is 34.0 Å². The third-order valence-electron chi connectivity index (χ3n) is 2.42. The van der Waals surface area contributed by atoms with Crippen molar-refractivity contribution in [2.45, 2.75) is 25.4 Å². The van der Waals surface area contributed by atoms with E-state index in [0.29, 0.717) is 0 Å². The molecule has 3 atom stereocenters. The summed E-state index contributed by atoms with van der Waals surface area (Å²) in [5.74, 6) is -2.02. The van der Waals surface area contributed by atoms with E-state index >= 15 is 0 Å². The molecule has 22 heavy (non-hydrogen) atoms. The summed E-state index contributed by atoms with van der Waals surface area (Å²) in [6, 6.07) is 0. The third-order valence-corrected chi connectivity index (χ3v) is 11.8. The minimum Gasteiger partial charge on any atom is -0.367 e. The highest BCUT2D eigenvalue weighted by molar-refractivity contribution is 7.91. The van der Waals surface area contributed by atoms with Crippen LogP contribution in [0.15, 0.2) is 0 Å². The first-order chi connectivity index (χ1) is 9.88. The summed E-state index contributed by atoms with van der Waals surface area (Å²) in [4.78, 5) is 41.6. The molecule has 0 aliphatic heterocycles. The van der Waals surface area contributed by atoms with Gasteiger partial charge in [-0.2, -0.15) is 0 Å². The Hall–Kier alpha value is -0.0800. The molecule has 0 aromatic heterocycles. The van der Waals surface area contributed by atoms with Crippen LogP contribution in [0.1, 0.15) is 20.8 Å². The van der Waals surface area contributed by atoms with Gasteiger partial charge in [0.1, 0.15) is 0 Å². The van der Waals surface area contributed by atoms with Gasteiger partial charge in [0.15, 0.2) is 0 Å². The third kappa shape index (κ3) is 3.53. The molecule has 0 aromatic carbocycles. The van der Waals surface area contributed by atoms with E-state index in [1.165, 1.54) is 20.8 Å². The fourth-order valence-corrected chi connectivity index (χ4v) is 8.99. The van der Waals surface area contributed by atoms with Crippen LogP contribution in [0.5, 0.6) is 0 Å². The molecule has 0 fully saturated rings. The molecular formula is C8H20NO10P3. The Bertz CT molecular complexity index is 484. The molecule has 3 unspecified atom stereocenters. The van der Waals surface area contributed by atoms with E-state index in [1.807, 2.05) is 0 Å². The molecular weight excluding hydrogens is 363 g/mol. The lowest BCUT2D eigenvalue weighted by Gasteiger charge is -2.37. The first-order valence-corrected chi connectivity index (χ1v) is 10.8. The lowest BCUT2D eigenvalue weighted by Crippen LogP contribution is -2.44. The molecule has 0 saturated heterocycles. The highest BCUT2D eigenvalue weighted by Gasteiger charge is 2.79. The van der Waals surface area contributed by atoms with E-state index in [2.05, 4.69) is 13.6 Å². The largest absolute Gasteiger partial charge is 0.368 e. The van der Waals surface area contributed by atoms with Crippen LogP contribution in [0.3, 0.4) is 0 Å². The first kappa shape index (κ1) is 21.9. The Morgan fingerprint density at radius 1 is 0.864 bits per heavy atom. The van der Waals surface area contributed by atoms with Gasteiger partial charge in [-0.15, -0.1) is 0 Å². The normalized spacial score (nSPS) is 22.8. The average molecular weight is 383 g/mol. The van der Waals surface area contributed by atoms with E-state index in [9.17, 15) is 33.2 Å². The van der Waals surface area contributed by atoms with Crippen molar-refractivity contribution in [3.05, 3.63) is 0 Å². The highest BCUT2D eigenvalue weighted by atomic mass is 31.3. The number of hydrogen-bond acceptors (Lipinski definition) is 7. The molecule has 0 aliphatic rings. The second kappa shape index (κ2) is 7.66. The van der Waals surface area contributed by atoms with Crippen LogP contribution in [0, 0.1) is 0 Å². The van der Waals surface area contributed by atoms with Crippen LogP contribution in [-0.2, 0) is 32.1 Å². The number of nitrogens with two attached hydrogens (primary N) is 1. The van der Waals surface area contributed by atoms with Gasteiger partial charge in [0, 0.05) is 0 Å². The number of primary amides is 1. The van der Waals surface area contributed by atoms with Gasteiger partial charge in [0.25, 0.3) is 5.91 Å². The number of rotatable bonds is 10. The van der Waals surface area contributed by atoms with Crippen LogP contribution >= 0.6 is 22.8 Å². The molecule has 0 saturated carbocycles. The van der Waals surface area contributed by atoms with Crippen molar-refractivity contribution in [3.63, 3.8) is 0 Å². The van der Waals surface area contributed by atoms with Gasteiger partial charge in [-0.3, -0.25) is 18.5 Å². The summed E-state index contributed by atoms with van der Waals surface area (Å²) in [7, 11) is -16.6. The zero-order chi connectivity index (χ0) is 17.8. The number of carbonyl (C=O) groups is 1. The van der Waals surface area contributed by atoms with E-state index in [0.717, 1.165) is 0 Å².